The molecule has 1 atom stereocenters. The van der Waals surface area contributed by atoms with Crippen LogP contribution < -0.4 is 0 Å². The quantitative estimate of drug-likeness (QED) is 0.160. The fourth-order valence-electron chi connectivity index (χ4n) is 4.01. The molecular weight excluding hydrogens is 330 g/mol. The summed E-state index contributed by atoms with van der Waals surface area (Å²) in [5.74, 6) is 0. The van der Waals surface area contributed by atoms with E-state index in [1.165, 1.54) is 122 Å². The molecule has 0 aromatic heterocycles. The van der Waals surface area contributed by atoms with E-state index >= 15 is 0 Å². The first kappa shape index (κ1) is 26.9. The molecule has 2 nitrogen and oxygen atoms in total. The molecule has 0 aromatic rings. The second-order valence-electron chi connectivity index (χ2n) is 9.75. The summed E-state index contributed by atoms with van der Waals surface area (Å²) in [5.41, 5.74) is 0. The van der Waals surface area contributed by atoms with Gasteiger partial charge in [0.1, 0.15) is 6.04 Å². The van der Waals surface area contributed by atoms with Gasteiger partial charge in [-0.25, -0.2) is 0 Å². The van der Waals surface area contributed by atoms with Crippen LogP contribution in [0.3, 0.4) is 0 Å². The summed E-state index contributed by atoms with van der Waals surface area (Å²) in [6, 6.07) is 0.408. The monoisotopic (exact) mass is 384 g/mol. The zero-order valence-corrected chi connectivity index (χ0v) is 19.6. The number of likely N-dealkylation sites (N-methyl/N-ethyl adjacent to an activating group) is 1. The summed E-state index contributed by atoms with van der Waals surface area (Å²) in [7, 11) is 6.57. The third kappa shape index (κ3) is 19.0. The first-order valence-electron chi connectivity index (χ1n) is 12.4. The van der Waals surface area contributed by atoms with E-state index in [9.17, 15) is 5.11 Å². The van der Waals surface area contributed by atoms with Gasteiger partial charge in [-0.3, -0.25) is 0 Å². The van der Waals surface area contributed by atoms with Gasteiger partial charge in [-0.2, -0.15) is 0 Å². The number of unbranched alkanes of at least 4 members (excludes halogenated alkanes) is 17. The molecule has 0 rings (SSSR count). The molecule has 1 unspecified atom stereocenters. The molecule has 0 amide bonds. The second-order valence-corrected chi connectivity index (χ2v) is 9.75. The number of aliphatic hydroxyl groups excluding tert-OH is 1. The number of rotatable bonds is 21. The Hall–Kier alpha value is -0.0800. The van der Waals surface area contributed by atoms with E-state index in [0.29, 0.717) is 12.6 Å². The fourth-order valence-corrected chi connectivity index (χ4v) is 4.01. The Bertz CT molecular complexity index is 285. The van der Waals surface area contributed by atoms with Crippen LogP contribution in [-0.4, -0.2) is 43.4 Å². The van der Waals surface area contributed by atoms with Crippen LogP contribution in [-0.2, 0) is 0 Å². The molecule has 0 aromatic carbocycles. The lowest BCUT2D eigenvalue weighted by molar-refractivity contribution is -0.897. The van der Waals surface area contributed by atoms with E-state index in [4.69, 9.17) is 0 Å². The van der Waals surface area contributed by atoms with Crippen molar-refractivity contribution in [2.75, 3.05) is 27.7 Å². The normalized spacial score (nSPS) is 13.2. The lowest BCUT2D eigenvalue weighted by Crippen LogP contribution is -2.47. The zero-order valence-electron chi connectivity index (χ0n) is 19.6. The molecule has 0 heterocycles. The van der Waals surface area contributed by atoms with Crippen LogP contribution in [0.5, 0.6) is 0 Å². The maximum Gasteiger partial charge on any atom is 0.112 e. The van der Waals surface area contributed by atoms with Crippen molar-refractivity contribution in [2.45, 2.75) is 135 Å². The van der Waals surface area contributed by atoms with Crippen molar-refractivity contribution >= 4 is 0 Å². The van der Waals surface area contributed by atoms with Crippen molar-refractivity contribution in [3.8, 4) is 0 Å². The molecule has 0 radical (unpaired) electrons. The molecule has 2 heteroatoms. The Kier molecular flexibility index (Phi) is 19.2. The van der Waals surface area contributed by atoms with Crippen LogP contribution in [0.4, 0.5) is 0 Å². The standard InChI is InChI=1S/C25H54NO/c1-5-6-7-8-9-10-11-12-13-14-15-16-17-18-19-20-21-22-23-25(24-27)26(2,3)4/h25,27H,5-24H2,1-4H3/q+1. The molecule has 0 saturated carbocycles. The Labute approximate surface area is 172 Å². The highest BCUT2D eigenvalue weighted by Gasteiger charge is 2.21. The Balaban J connectivity index is 3.17. The molecule has 27 heavy (non-hydrogen) atoms. The van der Waals surface area contributed by atoms with Crippen LogP contribution in [0.1, 0.15) is 129 Å². The molecule has 0 spiro atoms. The summed E-state index contributed by atoms with van der Waals surface area (Å²) in [6.45, 7) is 2.62. The molecule has 164 valence electrons. The van der Waals surface area contributed by atoms with Gasteiger partial charge in [-0.1, -0.05) is 116 Å². The number of hydrogen-bond acceptors (Lipinski definition) is 1. The number of hydrogen-bond donors (Lipinski definition) is 1. The predicted molar refractivity (Wildman–Crippen MR) is 122 cm³/mol. The van der Waals surface area contributed by atoms with Crippen LogP contribution in [0.2, 0.25) is 0 Å². The van der Waals surface area contributed by atoms with Gasteiger partial charge in [-0.05, 0) is 6.42 Å². The van der Waals surface area contributed by atoms with Crippen LogP contribution in [0.15, 0.2) is 0 Å². The van der Waals surface area contributed by atoms with E-state index in [2.05, 4.69) is 28.1 Å². The third-order valence-electron chi connectivity index (χ3n) is 6.20. The molecule has 0 aliphatic rings. The van der Waals surface area contributed by atoms with E-state index in [-0.39, 0.29) is 0 Å². The van der Waals surface area contributed by atoms with Gasteiger partial charge >= 0.3 is 0 Å². The van der Waals surface area contributed by atoms with E-state index in [0.717, 1.165) is 4.48 Å². The summed E-state index contributed by atoms with van der Waals surface area (Å²) >= 11 is 0. The largest absolute Gasteiger partial charge is 0.390 e. The SMILES string of the molecule is CCCCCCCCCCCCCCCCCCCCC(CO)[N+](C)(C)C. The van der Waals surface area contributed by atoms with Crippen molar-refractivity contribution in [1.82, 2.24) is 0 Å². The first-order chi connectivity index (χ1) is 13.0. The van der Waals surface area contributed by atoms with Crippen LogP contribution in [0.25, 0.3) is 0 Å². The zero-order chi connectivity index (χ0) is 20.2. The van der Waals surface area contributed by atoms with Gasteiger partial charge in [0, 0.05) is 6.42 Å². The third-order valence-corrected chi connectivity index (χ3v) is 6.20. The van der Waals surface area contributed by atoms with Crippen LogP contribution in [0, 0.1) is 0 Å². The highest BCUT2D eigenvalue weighted by atomic mass is 16.3. The second kappa shape index (κ2) is 19.2. The molecule has 0 aliphatic heterocycles. The molecule has 0 saturated heterocycles. The Morgan fingerprint density at radius 1 is 0.519 bits per heavy atom. The van der Waals surface area contributed by atoms with E-state index in [1.54, 1.807) is 0 Å². The number of aliphatic hydroxyl groups is 1. The average molecular weight is 385 g/mol. The summed E-state index contributed by atoms with van der Waals surface area (Å²) in [4.78, 5) is 0. The Morgan fingerprint density at radius 3 is 1.07 bits per heavy atom. The van der Waals surface area contributed by atoms with E-state index in [1.807, 2.05) is 0 Å². The smallest absolute Gasteiger partial charge is 0.112 e. The fraction of sp³-hybridized carbons (Fsp3) is 1.00. The lowest BCUT2D eigenvalue weighted by Gasteiger charge is -2.33. The van der Waals surface area contributed by atoms with Gasteiger partial charge in [0.2, 0.25) is 0 Å². The van der Waals surface area contributed by atoms with Gasteiger partial charge < -0.3 is 9.59 Å². The summed E-state index contributed by atoms with van der Waals surface area (Å²) < 4.78 is 0.884. The molecule has 1 N–H and O–H groups in total. The molecule has 0 fully saturated rings. The van der Waals surface area contributed by atoms with Gasteiger partial charge in [0.15, 0.2) is 0 Å². The van der Waals surface area contributed by atoms with Gasteiger partial charge in [0.25, 0.3) is 0 Å². The van der Waals surface area contributed by atoms with Crippen molar-refractivity contribution in [3.05, 3.63) is 0 Å². The van der Waals surface area contributed by atoms with E-state index < -0.39 is 0 Å². The number of nitrogens with zero attached hydrogens (tertiary/aromatic N) is 1. The van der Waals surface area contributed by atoms with Crippen molar-refractivity contribution in [2.24, 2.45) is 0 Å². The minimum absolute atomic E-state index is 0.322. The molecular formula is C25H54NO+. The molecule has 0 aliphatic carbocycles. The summed E-state index contributed by atoms with van der Waals surface area (Å²) in [6.07, 6.45) is 26.9. The minimum atomic E-state index is 0.322. The first-order valence-corrected chi connectivity index (χ1v) is 12.4. The lowest BCUT2D eigenvalue weighted by atomic mass is 10.0. The molecule has 0 bridgehead atoms. The maximum atomic E-state index is 9.49. The highest BCUT2D eigenvalue weighted by molar-refractivity contribution is 4.57. The van der Waals surface area contributed by atoms with Gasteiger partial charge in [-0.15, -0.1) is 0 Å². The average Bonchev–Trinajstić information content (AvgIpc) is 2.62. The van der Waals surface area contributed by atoms with Crippen molar-refractivity contribution < 1.29 is 9.59 Å². The van der Waals surface area contributed by atoms with Crippen molar-refractivity contribution in [1.29, 1.82) is 0 Å². The summed E-state index contributed by atoms with van der Waals surface area (Å²) in [5, 5.41) is 9.49. The highest BCUT2D eigenvalue weighted by Crippen LogP contribution is 2.16. The Morgan fingerprint density at radius 2 is 0.815 bits per heavy atom. The number of quaternary nitrogens is 1. The van der Waals surface area contributed by atoms with Gasteiger partial charge in [0.05, 0.1) is 27.7 Å². The topological polar surface area (TPSA) is 20.2 Å². The van der Waals surface area contributed by atoms with Crippen molar-refractivity contribution in [3.63, 3.8) is 0 Å². The minimum Gasteiger partial charge on any atom is -0.390 e. The van der Waals surface area contributed by atoms with Crippen LogP contribution >= 0.6 is 0 Å². The predicted octanol–water partition coefficient (Wildman–Crippen LogP) is 7.49. The maximum absolute atomic E-state index is 9.49.